The molecule has 113 valence electrons. The molecule has 0 spiro atoms. The molecule has 0 saturated heterocycles. The predicted molar refractivity (Wildman–Crippen MR) is 50.3 cm³/mol. The van der Waals surface area contributed by atoms with Crippen molar-refractivity contribution >= 4 is 30.4 Å². The van der Waals surface area contributed by atoms with E-state index in [0.717, 1.165) is 0 Å². The van der Waals surface area contributed by atoms with E-state index in [0.29, 0.717) is 0 Å². The van der Waals surface area contributed by atoms with Gasteiger partial charge in [0.15, 0.2) is 0 Å². The van der Waals surface area contributed by atoms with Crippen LogP contribution in [-0.2, 0) is 52.7 Å². The van der Waals surface area contributed by atoms with Gasteiger partial charge in [-0.05, 0) is 18.2 Å². The Morgan fingerprint density at radius 1 is 0.579 bits per heavy atom. The molecule has 1 aromatic carbocycles. The summed E-state index contributed by atoms with van der Waals surface area (Å²) >= 11 is 0. The Morgan fingerprint density at radius 2 is 0.737 bits per heavy atom. The van der Waals surface area contributed by atoms with Crippen molar-refractivity contribution in [3.8, 4) is 0 Å². The van der Waals surface area contributed by atoms with Crippen molar-refractivity contribution in [1.82, 2.24) is 0 Å². The van der Waals surface area contributed by atoms with Crippen LogP contribution in [0, 0.1) is 0 Å². The Bertz CT molecular complexity index is 669. The largest absolute Gasteiger partial charge is 0.744 e. The van der Waals surface area contributed by atoms with Gasteiger partial charge >= 0.3 is 0 Å². The molecule has 0 heterocycles. The standard InChI is InChI=1S/C6H6O9S3.Ag/c7-16(8,9)4-1-5(17(10,11)12)3-6(2-4)18(13,14)15;/h1-3H,(H,7,8,9)(H,10,11,12)(H,13,14,15);/p-3. The van der Waals surface area contributed by atoms with E-state index < -0.39 is 45.0 Å². The minimum absolute atomic E-state index is 0. The zero-order chi connectivity index (χ0) is 14.4. The molecule has 0 unspecified atom stereocenters. The van der Waals surface area contributed by atoms with Crippen molar-refractivity contribution in [2.45, 2.75) is 14.7 Å². The summed E-state index contributed by atoms with van der Waals surface area (Å²) in [5.74, 6) is 0. The second kappa shape index (κ2) is 5.59. The monoisotopic (exact) mass is 422 g/mol. The van der Waals surface area contributed by atoms with Gasteiger partial charge in [-0.15, -0.1) is 0 Å². The Balaban J connectivity index is 0.00000324. The Morgan fingerprint density at radius 3 is 0.842 bits per heavy atom. The molecule has 0 bridgehead atoms. The van der Waals surface area contributed by atoms with Gasteiger partial charge in [0, 0.05) is 22.4 Å². The van der Waals surface area contributed by atoms with Gasteiger partial charge in [0.25, 0.3) is 0 Å². The molecular formula is C6H3AgO9S3-3. The number of hydrogen-bond acceptors (Lipinski definition) is 9. The van der Waals surface area contributed by atoms with E-state index in [2.05, 4.69) is 0 Å². The molecule has 0 aliphatic heterocycles. The quantitative estimate of drug-likeness (QED) is 0.410. The molecular weight excluding hydrogens is 420 g/mol. The molecule has 0 atom stereocenters. The van der Waals surface area contributed by atoms with Crippen molar-refractivity contribution < 1.29 is 61.3 Å². The fraction of sp³-hybridized carbons (Fsp3) is 0. The van der Waals surface area contributed by atoms with Crippen LogP contribution in [0.2, 0.25) is 0 Å². The molecule has 0 N–H and O–H groups in total. The molecule has 0 saturated carbocycles. The average molecular weight is 423 g/mol. The van der Waals surface area contributed by atoms with Gasteiger partial charge in [-0.1, -0.05) is 0 Å². The van der Waals surface area contributed by atoms with E-state index in [4.69, 9.17) is 0 Å². The SMILES string of the molecule is O=S(=O)([O-])c1cc(S(=O)(=O)[O-])cc(S(=O)(=O)[O-])c1.[Ag]. The topological polar surface area (TPSA) is 172 Å². The van der Waals surface area contributed by atoms with Crippen molar-refractivity contribution in [2.24, 2.45) is 0 Å². The minimum Gasteiger partial charge on any atom is -0.744 e. The van der Waals surface area contributed by atoms with Gasteiger partial charge in [0.2, 0.25) is 0 Å². The summed E-state index contributed by atoms with van der Waals surface area (Å²) in [5, 5.41) is 0. The summed E-state index contributed by atoms with van der Waals surface area (Å²) in [6, 6.07) is 0.540. The normalized spacial score (nSPS) is 12.8. The van der Waals surface area contributed by atoms with Crippen LogP contribution in [-0.4, -0.2) is 38.9 Å². The first-order chi connectivity index (χ1) is 7.82. The van der Waals surface area contributed by atoms with Crippen LogP contribution in [0.25, 0.3) is 0 Å². The van der Waals surface area contributed by atoms with Crippen LogP contribution in [0.5, 0.6) is 0 Å². The van der Waals surface area contributed by atoms with Gasteiger partial charge in [0.1, 0.15) is 30.4 Å². The van der Waals surface area contributed by atoms with Gasteiger partial charge in [-0.2, -0.15) is 0 Å². The third-order valence-electron chi connectivity index (χ3n) is 1.72. The Labute approximate surface area is 124 Å². The summed E-state index contributed by atoms with van der Waals surface area (Å²) in [4.78, 5) is -3.89. The smallest absolute Gasteiger partial charge is 0.124 e. The first-order valence-electron chi connectivity index (χ1n) is 3.84. The fourth-order valence-corrected chi connectivity index (χ4v) is 2.83. The molecule has 13 heteroatoms. The van der Waals surface area contributed by atoms with E-state index in [1.165, 1.54) is 0 Å². The first-order valence-corrected chi connectivity index (χ1v) is 8.07. The molecule has 1 aromatic rings. The Hall–Kier alpha value is -0.310. The maximum absolute atomic E-state index is 10.6. The van der Waals surface area contributed by atoms with Crippen LogP contribution < -0.4 is 0 Å². The fourth-order valence-electron chi connectivity index (χ4n) is 0.979. The summed E-state index contributed by atoms with van der Waals surface area (Å²) < 4.78 is 95.8. The van der Waals surface area contributed by atoms with E-state index >= 15 is 0 Å². The molecule has 0 amide bonds. The molecule has 0 aromatic heterocycles. The van der Waals surface area contributed by atoms with Gasteiger partial charge in [-0.3, -0.25) is 0 Å². The van der Waals surface area contributed by atoms with Crippen molar-refractivity contribution in [2.75, 3.05) is 0 Å². The molecule has 9 nitrogen and oxygen atoms in total. The van der Waals surface area contributed by atoms with E-state index in [1.807, 2.05) is 0 Å². The summed E-state index contributed by atoms with van der Waals surface area (Å²) in [5.41, 5.74) is 0. The molecule has 19 heavy (non-hydrogen) atoms. The van der Waals surface area contributed by atoms with Gasteiger partial charge in [-0.25, -0.2) is 25.3 Å². The number of benzene rings is 1. The second-order valence-corrected chi connectivity index (χ2v) is 7.14. The minimum atomic E-state index is -5.23. The predicted octanol–water partition coefficient (Wildman–Crippen LogP) is -1.60. The van der Waals surface area contributed by atoms with Crippen LogP contribution in [0.15, 0.2) is 32.9 Å². The van der Waals surface area contributed by atoms with E-state index in [1.54, 1.807) is 0 Å². The van der Waals surface area contributed by atoms with Crippen LogP contribution in [0.3, 0.4) is 0 Å². The summed E-state index contributed by atoms with van der Waals surface area (Å²) in [7, 11) is -15.7. The molecule has 1 rings (SSSR count). The third-order valence-corrected chi connectivity index (χ3v) is 4.16. The molecule has 0 aliphatic rings. The van der Waals surface area contributed by atoms with Crippen LogP contribution in [0.4, 0.5) is 0 Å². The van der Waals surface area contributed by atoms with Crippen molar-refractivity contribution in [3.63, 3.8) is 0 Å². The third kappa shape index (κ3) is 4.94. The van der Waals surface area contributed by atoms with E-state index in [-0.39, 0.29) is 40.6 Å². The zero-order valence-corrected chi connectivity index (χ0v) is 12.4. The second-order valence-electron chi connectivity index (χ2n) is 3.00. The van der Waals surface area contributed by atoms with E-state index in [9.17, 15) is 38.9 Å². The average Bonchev–Trinajstić information content (AvgIpc) is 2.13. The number of rotatable bonds is 3. The maximum atomic E-state index is 10.6. The van der Waals surface area contributed by atoms with Gasteiger partial charge < -0.3 is 13.7 Å². The van der Waals surface area contributed by atoms with Crippen LogP contribution >= 0.6 is 0 Å². The molecule has 0 aliphatic carbocycles. The summed E-state index contributed by atoms with van der Waals surface area (Å²) in [6.45, 7) is 0. The Kier molecular flexibility index (Phi) is 5.50. The first kappa shape index (κ1) is 18.7. The number of hydrogen-bond donors (Lipinski definition) is 0. The van der Waals surface area contributed by atoms with Crippen LogP contribution in [0.1, 0.15) is 0 Å². The summed E-state index contributed by atoms with van der Waals surface area (Å²) in [6.07, 6.45) is 0. The molecule has 1 radical (unpaired) electrons. The van der Waals surface area contributed by atoms with Crippen molar-refractivity contribution in [1.29, 1.82) is 0 Å². The zero-order valence-electron chi connectivity index (χ0n) is 8.43. The van der Waals surface area contributed by atoms with Crippen molar-refractivity contribution in [3.05, 3.63) is 18.2 Å². The maximum Gasteiger partial charge on any atom is 0.124 e. The molecule has 0 fully saturated rings. The van der Waals surface area contributed by atoms with Gasteiger partial charge in [0.05, 0.1) is 14.7 Å².